The highest BCUT2D eigenvalue weighted by Gasteiger charge is 2.30. The zero-order valence-electron chi connectivity index (χ0n) is 16.2. The molecule has 0 aliphatic carbocycles. The van der Waals surface area contributed by atoms with E-state index in [1.54, 1.807) is 4.68 Å². The van der Waals surface area contributed by atoms with E-state index in [9.17, 15) is 13.2 Å². The number of rotatable bonds is 7. The molecular formula is C20H26F3N3O2. The average molecular weight is 397 g/mol. The molecular weight excluding hydrogens is 371 g/mol. The summed E-state index contributed by atoms with van der Waals surface area (Å²) in [5, 5.41) is 4.56. The summed E-state index contributed by atoms with van der Waals surface area (Å²) in [6.07, 6.45) is -2.77. The van der Waals surface area contributed by atoms with Gasteiger partial charge in [0.2, 0.25) is 0 Å². The minimum Gasteiger partial charge on any atom is -0.493 e. The summed E-state index contributed by atoms with van der Waals surface area (Å²) < 4.78 is 51.5. The summed E-state index contributed by atoms with van der Waals surface area (Å²) in [7, 11) is 1.86. The van der Waals surface area contributed by atoms with E-state index < -0.39 is 11.7 Å². The highest BCUT2D eigenvalue weighted by atomic mass is 19.4. The van der Waals surface area contributed by atoms with Gasteiger partial charge in [-0.3, -0.25) is 9.58 Å². The third-order valence-corrected chi connectivity index (χ3v) is 4.80. The van der Waals surface area contributed by atoms with Crippen LogP contribution in [0.4, 0.5) is 13.2 Å². The average Bonchev–Trinajstić information content (AvgIpc) is 3.03. The molecule has 8 heteroatoms. The second kappa shape index (κ2) is 8.96. The van der Waals surface area contributed by atoms with Gasteiger partial charge in [0.25, 0.3) is 0 Å². The van der Waals surface area contributed by atoms with Crippen molar-refractivity contribution in [2.45, 2.75) is 32.0 Å². The van der Waals surface area contributed by atoms with Gasteiger partial charge in [-0.1, -0.05) is 13.0 Å². The number of aromatic nitrogens is 2. The molecule has 0 N–H and O–H groups in total. The van der Waals surface area contributed by atoms with Crippen LogP contribution in [0.2, 0.25) is 0 Å². The number of halogens is 3. The van der Waals surface area contributed by atoms with Gasteiger partial charge in [0.15, 0.2) is 0 Å². The molecule has 1 fully saturated rings. The fourth-order valence-electron chi connectivity index (χ4n) is 3.36. The highest BCUT2D eigenvalue weighted by molar-refractivity contribution is 5.30. The summed E-state index contributed by atoms with van der Waals surface area (Å²) >= 11 is 0. The van der Waals surface area contributed by atoms with Crippen LogP contribution >= 0.6 is 0 Å². The number of aryl methyl sites for hydroxylation is 1. The number of alkyl halides is 3. The molecule has 5 nitrogen and oxygen atoms in total. The number of hydrogen-bond acceptors (Lipinski definition) is 4. The summed E-state index contributed by atoms with van der Waals surface area (Å²) in [6, 6.07) is 6.93. The zero-order valence-corrected chi connectivity index (χ0v) is 16.2. The van der Waals surface area contributed by atoms with Crippen LogP contribution in [0, 0.1) is 0 Å². The highest BCUT2D eigenvalue weighted by Crippen LogP contribution is 2.31. The summed E-state index contributed by atoms with van der Waals surface area (Å²) in [5.74, 6) is 0.211. The lowest BCUT2D eigenvalue weighted by atomic mass is 10.2. The third-order valence-electron chi connectivity index (χ3n) is 4.80. The normalized spacial score (nSPS) is 18.4. The number of benzene rings is 1. The van der Waals surface area contributed by atoms with Crippen molar-refractivity contribution in [3.8, 4) is 5.75 Å². The largest absolute Gasteiger partial charge is 0.493 e. The molecule has 1 saturated heterocycles. The zero-order chi connectivity index (χ0) is 20.1. The van der Waals surface area contributed by atoms with E-state index in [2.05, 4.69) is 16.9 Å². The van der Waals surface area contributed by atoms with E-state index in [-0.39, 0.29) is 18.5 Å². The lowest BCUT2D eigenvalue weighted by Crippen LogP contribution is -2.38. The van der Waals surface area contributed by atoms with Crippen molar-refractivity contribution < 1.29 is 22.6 Å². The lowest BCUT2D eigenvalue weighted by molar-refractivity contribution is -0.137. The molecule has 2 heterocycles. The van der Waals surface area contributed by atoms with Crippen molar-refractivity contribution in [2.24, 2.45) is 7.05 Å². The van der Waals surface area contributed by atoms with Gasteiger partial charge >= 0.3 is 6.18 Å². The molecule has 0 unspecified atom stereocenters. The first-order chi connectivity index (χ1) is 13.4. The molecule has 28 heavy (non-hydrogen) atoms. The molecule has 0 spiro atoms. The van der Waals surface area contributed by atoms with Gasteiger partial charge in [-0.05, 0) is 37.2 Å². The van der Waals surface area contributed by atoms with E-state index >= 15 is 0 Å². The van der Waals surface area contributed by atoms with Gasteiger partial charge in [0, 0.05) is 32.3 Å². The minimum atomic E-state index is -4.37. The van der Waals surface area contributed by atoms with E-state index in [0.717, 1.165) is 49.6 Å². The Kier molecular flexibility index (Phi) is 6.61. The molecule has 1 aromatic heterocycles. The predicted molar refractivity (Wildman–Crippen MR) is 99.3 cm³/mol. The van der Waals surface area contributed by atoms with Gasteiger partial charge in [-0.15, -0.1) is 0 Å². The van der Waals surface area contributed by atoms with Crippen LogP contribution < -0.4 is 4.74 Å². The minimum absolute atomic E-state index is 0.0513. The first-order valence-electron chi connectivity index (χ1n) is 9.53. The molecule has 0 bridgehead atoms. The van der Waals surface area contributed by atoms with Gasteiger partial charge in [0.1, 0.15) is 11.9 Å². The van der Waals surface area contributed by atoms with Crippen LogP contribution in [-0.2, 0) is 24.4 Å². The number of morpholine rings is 1. The molecule has 1 atom stereocenters. The fourth-order valence-corrected chi connectivity index (χ4v) is 3.36. The van der Waals surface area contributed by atoms with E-state index in [1.165, 1.54) is 12.1 Å². The van der Waals surface area contributed by atoms with Gasteiger partial charge in [-0.2, -0.15) is 18.3 Å². The van der Waals surface area contributed by atoms with Gasteiger partial charge < -0.3 is 9.47 Å². The number of ether oxygens (including phenoxy) is 2. The van der Waals surface area contributed by atoms with Gasteiger partial charge in [0.05, 0.1) is 24.5 Å². The van der Waals surface area contributed by atoms with Crippen molar-refractivity contribution in [2.75, 3.05) is 32.8 Å². The maximum Gasteiger partial charge on any atom is 0.416 e. The van der Waals surface area contributed by atoms with E-state index in [1.807, 2.05) is 13.1 Å². The Morgan fingerprint density at radius 3 is 2.86 bits per heavy atom. The molecule has 2 aromatic rings. The smallest absolute Gasteiger partial charge is 0.416 e. The lowest BCUT2D eigenvalue weighted by Gasteiger charge is -2.31. The second-order valence-electron chi connectivity index (χ2n) is 6.97. The molecule has 1 aliphatic rings. The SMILES string of the molecule is CCCN1CCO[C@H](c2cc(CCOc3cccc(C(F)(F)F)c3)n(C)n2)C1. The van der Waals surface area contributed by atoms with Crippen molar-refractivity contribution in [1.29, 1.82) is 0 Å². The third kappa shape index (κ3) is 5.26. The van der Waals surface area contributed by atoms with Gasteiger partial charge in [-0.25, -0.2) is 0 Å². The summed E-state index contributed by atoms with van der Waals surface area (Å²) in [6.45, 7) is 5.93. The van der Waals surface area contributed by atoms with Crippen LogP contribution in [0.1, 0.15) is 36.4 Å². The monoisotopic (exact) mass is 397 g/mol. The molecule has 3 rings (SSSR count). The van der Waals surface area contributed by atoms with Crippen molar-refractivity contribution in [3.63, 3.8) is 0 Å². The first kappa shape index (κ1) is 20.7. The summed E-state index contributed by atoms with van der Waals surface area (Å²) in [5.41, 5.74) is 1.13. The number of hydrogen-bond donors (Lipinski definition) is 0. The summed E-state index contributed by atoms with van der Waals surface area (Å²) in [4.78, 5) is 2.37. The molecule has 0 amide bonds. The molecule has 0 radical (unpaired) electrons. The molecule has 1 aliphatic heterocycles. The van der Waals surface area contributed by atoms with Crippen molar-refractivity contribution in [1.82, 2.24) is 14.7 Å². The number of nitrogens with zero attached hydrogens (tertiary/aromatic N) is 3. The Labute approximate surface area is 163 Å². The maximum atomic E-state index is 12.8. The van der Waals surface area contributed by atoms with Crippen LogP contribution in [0.15, 0.2) is 30.3 Å². The molecule has 1 aromatic carbocycles. The molecule has 0 saturated carbocycles. The first-order valence-corrected chi connectivity index (χ1v) is 9.53. The topological polar surface area (TPSA) is 39.5 Å². The molecule has 154 valence electrons. The Morgan fingerprint density at radius 2 is 2.11 bits per heavy atom. The standard InChI is InChI=1S/C20H26F3N3O2/c1-3-8-26-9-11-28-19(14-26)18-13-16(25(2)24-18)7-10-27-17-6-4-5-15(12-17)20(21,22)23/h4-6,12-13,19H,3,7-11,14H2,1-2H3/t19-/m0/s1. The quantitative estimate of drug-likeness (QED) is 0.712. The van der Waals surface area contributed by atoms with Crippen LogP contribution in [0.25, 0.3) is 0 Å². The Morgan fingerprint density at radius 1 is 1.29 bits per heavy atom. The van der Waals surface area contributed by atoms with Crippen molar-refractivity contribution >= 4 is 0 Å². The Balaban J connectivity index is 1.57. The second-order valence-corrected chi connectivity index (χ2v) is 6.97. The van der Waals surface area contributed by atoms with E-state index in [4.69, 9.17) is 9.47 Å². The van der Waals surface area contributed by atoms with E-state index in [0.29, 0.717) is 13.0 Å². The van der Waals surface area contributed by atoms with Crippen LogP contribution in [0.5, 0.6) is 5.75 Å². The fraction of sp³-hybridized carbons (Fsp3) is 0.550. The van der Waals surface area contributed by atoms with Crippen LogP contribution in [0.3, 0.4) is 0 Å². The Bertz CT molecular complexity index is 774. The van der Waals surface area contributed by atoms with Crippen LogP contribution in [-0.4, -0.2) is 47.5 Å². The maximum absolute atomic E-state index is 12.8. The Hall–Kier alpha value is -2.06. The predicted octanol–water partition coefficient (Wildman–Crippen LogP) is 3.84. The van der Waals surface area contributed by atoms with Crippen molar-refractivity contribution in [3.05, 3.63) is 47.3 Å².